The summed E-state index contributed by atoms with van der Waals surface area (Å²) in [6.45, 7) is 2.01. The predicted molar refractivity (Wildman–Crippen MR) is 78.6 cm³/mol. The maximum Gasteiger partial charge on any atom is 0.206 e. The third-order valence-corrected chi connectivity index (χ3v) is 5.56. The van der Waals surface area contributed by atoms with E-state index in [2.05, 4.69) is 5.32 Å². The summed E-state index contributed by atoms with van der Waals surface area (Å²) >= 11 is 0. The highest BCUT2D eigenvalue weighted by atomic mass is 32.2. The summed E-state index contributed by atoms with van der Waals surface area (Å²) in [5.41, 5.74) is 1.21. The predicted octanol–water partition coefficient (Wildman–Crippen LogP) is 2.60. The van der Waals surface area contributed by atoms with Crippen molar-refractivity contribution in [2.75, 3.05) is 13.1 Å². The summed E-state index contributed by atoms with van der Waals surface area (Å²) in [5, 5.41) is 3.32. The van der Waals surface area contributed by atoms with Crippen molar-refractivity contribution in [2.45, 2.75) is 22.1 Å². The van der Waals surface area contributed by atoms with Crippen molar-refractivity contribution in [1.29, 1.82) is 0 Å². The molecule has 20 heavy (non-hydrogen) atoms. The Labute approximate surface area is 119 Å². The molecule has 1 aliphatic rings. The fraction of sp³-hybridized carbons (Fsp3) is 0.250. The Kier molecular flexibility index (Phi) is 3.59. The highest BCUT2D eigenvalue weighted by Crippen LogP contribution is 2.26. The van der Waals surface area contributed by atoms with Crippen LogP contribution in [0.15, 0.2) is 64.4 Å². The second-order valence-corrected chi connectivity index (χ2v) is 7.02. The molecule has 0 bridgehead atoms. The van der Waals surface area contributed by atoms with E-state index in [-0.39, 0.29) is 0 Å². The van der Waals surface area contributed by atoms with Gasteiger partial charge in [-0.05, 0) is 48.7 Å². The lowest BCUT2D eigenvalue weighted by molar-refractivity contribution is 0.596. The molecule has 0 radical (unpaired) electrons. The van der Waals surface area contributed by atoms with Crippen LogP contribution < -0.4 is 5.32 Å². The molecule has 0 aliphatic carbocycles. The van der Waals surface area contributed by atoms with E-state index < -0.39 is 9.84 Å². The Bertz CT molecular complexity index is 672. The van der Waals surface area contributed by atoms with Crippen LogP contribution in [0.2, 0.25) is 0 Å². The summed E-state index contributed by atoms with van der Waals surface area (Å²) < 4.78 is 24.9. The maximum atomic E-state index is 12.5. The average molecular weight is 287 g/mol. The van der Waals surface area contributed by atoms with Gasteiger partial charge in [0.15, 0.2) is 0 Å². The number of hydrogen-bond donors (Lipinski definition) is 1. The molecule has 1 heterocycles. The van der Waals surface area contributed by atoms with Gasteiger partial charge in [0, 0.05) is 6.54 Å². The van der Waals surface area contributed by atoms with E-state index in [9.17, 15) is 8.42 Å². The van der Waals surface area contributed by atoms with Crippen molar-refractivity contribution in [3.63, 3.8) is 0 Å². The van der Waals surface area contributed by atoms with Crippen LogP contribution in [0.25, 0.3) is 0 Å². The highest BCUT2D eigenvalue weighted by Gasteiger charge is 2.19. The number of benzene rings is 2. The molecule has 1 aliphatic heterocycles. The Morgan fingerprint density at radius 1 is 0.900 bits per heavy atom. The molecule has 0 spiro atoms. The van der Waals surface area contributed by atoms with E-state index >= 15 is 0 Å². The first kappa shape index (κ1) is 13.3. The van der Waals surface area contributed by atoms with Gasteiger partial charge >= 0.3 is 0 Å². The van der Waals surface area contributed by atoms with Crippen molar-refractivity contribution in [3.05, 3.63) is 60.2 Å². The molecule has 1 N–H and O–H groups in total. The second kappa shape index (κ2) is 5.38. The maximum absolute atomic E-state index is 12.5. The Balaban J connectivity index is 1.91. The van der Waals surface area contributed by atoms with Gasteiger partial charge in [0.1, 0.15) is 0 Å². The minimum absolute atomic E-state index is 0.343. The molecule has 3 rings (SSSR count). The van der Waals surface area contributed by atoms with Gasteiger partial charge in [0.05, 0.1) is 9.79 Å². The summed E-state index contributed by atoms with van der Waals surface area (Å²) in [5.74, 6) is 0.503. The highest BCUT2D eigenvalue weighted by molar-refractivity contribution is 7.91. The van der Waals surface area contributed by atoms with Crippen LogP contribution in [0.1, 0.15) is 17.9 Å². The minimum atomic E-state index is -3.39. The zero-order chi connectivity index (χ0) is 14.0. The molecule has 104 valence electrons. The van der Waals surface area contributed by atoms with Crippen molar-refractivity contribution in [3.8, 4) is 0 Å². The third kappa shape index (κ3) is 2.49. The van der Waals surface area contributed by atoms with Gasteiger partial charge in [-0.2, -0.15) is 0 Å². The van der Waals surface area contributed by atoms with Crippen molar-refractivity contribution in [1.82, 2.24) is 5.32 Å². The molecule has 1 fully saturated rings. The summed E-state index contributed by atoms with van der Waals surface area (Å²) in [4.78, 5) is 0.702. The Hall–Kier alpha value is -1.65. The van der Waals surface area contributed by atoms with Crippen LogP contribution in [-0.2, 0) is 9.84 Å². The van der Waals surface area contributed by atoms with E-state index in [1.54, 1.807) is 36.4 Å². The molecule has 4 heteroatoms. The van der Waals surface area contributed by atoms with Crippen molar-refractivity contribution >= 4 is 9.84 Å². The van der Waals surface area contributed by atoms with Crippen LogP contribution in [0.3, 0.4) is 0 Å². The number of rotatable bonds is 3. The first-order valence-electron chi connectivity index (χ1n) is 6.79. The molecule has 0 saturated carbocycles. The molecule has 3 nitrogen and oxygen atoms in total. The van der Waals surface area contributed by atoms with Crippen LogP contribution in [-0.4, -0.2) is 21.5 Å². The fourth-order valence-electron chi connectivity index (χ4n) is 2.59. The lowest BCUT2D eigenvalue weighted by atomic mass is 9.99. The zero-order valence-electron chi connectivity index (χ0n) is 11.1. The van der Waals surface area contributed by atoms with Gasteiger partial charge in [0.2, 0.25) is 9.84 Å². The standard InChI is InChI=1S/C16H17NO2S/c18-20(19,15-4-2-1-3-5-15)16-8-6-13(7-9-16)14-10-11-17-12-14/h1-9,14,17H,10-12H2. The number of nitrogens with one attached hydrogen (secondary N) is 1. The molecule has 1 atom stereocenters. The molecule has 1 unspecified atom stereocenters. The van der Waals surface area contributed by atoms with Gasteiger partial charge in [-0.25, -0.2) is 8.42 Å². The second-order valence-electron chi connectivity index (χ2n) is 5.08. The topological polar surface area (TPSA) is 46.2 Å². The molecule has 0 aromatic heterocycles. The monoisotopic (exact) mass is 287 g/mol. The smallest absolute Gasteiger partial charge is 0.206 e. The quantitative estimate of drug-likeness (QED) is 0.944. The molecule has 2 aromatic carbocycles. The number of hydrogen-bond acceptors (Lipinski definition) is 3. The lowest BCUT2D eigenvalue weighted by Gasteiger charge is -2.10. The van der Waals surface area contributed by atoms with Crippen molar-refractivity contribution in [2.24, 2.45) is 0 Å². The Morgan fingerprint density at radius 2 is 1.55 bits per heavy atom. The molecule has 0 amide bonds. The summed E-state index contributed by atoms with van der Waals surface area (Å²) in [7, 11) is -3.39. The van der Waals surface area contributed by atoms with Gasteiger partial charge in [-0.1, -0.05) is 30.3 Å². The Morgan fingerprint density at radius 3 is 2.15 bits per heavy atom. The fourth-order valence-corrected chi connectivity index (χ4v) is 3.88. The van der Waals surface area contributed by atoms with Crippen LogP contribution in [0, 0.1) is 0 Å². The first-order chi connectivity index (χ1) is 9.68. The van der Waals surface area contributed by atoms with Gasteiger partial charge in [-0.15, -0.1) is 0 Å². The van der Waals surface area contributed by atoms with E-state index in [4.69, 9.17) is 0 Å². The zero-order valence-corrected chi connectivity index (χ0v) is 11.9. The first-order valence-corrected chi connectivity index (χ1v) is 8.27. The van der Waals surface area contributed by atoms with Crippen LogP contribution in [0.5, 0.6) is 0 Å². The van der Waals surface area contributed by atoms with Gasteiger partial charge in [-0.3, -0.25) is 0 Å². The van der Waals surface area contributed by atoms with E-state index in [0.29, 0.717) is 15.7 Å². The summed E-state index contributed by atoms with van der Waals surface area (Å²) in [6, 6.07) is 15.9. The molecule has 1 saturated heterocycles. The molecule has 2 aromatic rings. The van der Waals surface area contributed by atoms with E-state index in [0.717, 1.165) is 19.5 Å². The lowest BCUT2D eigenvalue weighted by Crippen LogP contribution is -2.08. The van der Waals surface area contributed by atoms with Crippen LogP contribution >= 0.6 is 0 Å². The van der Waals surface area contributed by atoms with Gasteiger partial charge in [0.25, 0.3) is 0 Å². The van der Waals surface area contributed by atoms with Crippen molar-refractivity contribution < 1.29 is 8.42 Å². The van der Waals surface area contributed by atoms with E-state index in [1.807, 2.05) is 18.2 Å². The molecular weight excluding hydrogens is 270 g/mol. The summed E-state index contributed by atoms with van der Waals surface area (Å²) in [6.07, 6.45) is 1.12. The normalized spacial score (nSPS) is 19.1. The largest absolute Gasteiger partial charge is 0.316 e. The third-order valence-electron chi connectivity index (χ3n) is 3.78. The van der Waals surface area contributed by atoms with Crippen LogP contribution in [0.4, 0.5) is 0 Å². The molecular formula is C16H17NO2S. The van der Waals surface area contributed by atoms with E-state index in [1.165, 1.54) is 5.56 Å². The average Bonchev–Trinajstić information content (AvgIpc) is 3.02. The minimum Gasteiger partial charge on any atom is -0.316 e. The number of sulfone groups is 1. The van der Waals surface area contributed by atoms with Gasteiger partial charge < -0.3 is 5.32 Å². The SMILES string of the molecule is O=S(=O)(c1ccccc1)c1ccc(C2CCNC2)cc1.